The van der Waals surface area contributed by atoms with Crippen molar-refractivity contribution in [2.75, 3.05) is 27.1 Å². The van der Waals surface area contributed by atoms with Crippen LogP contribution in [0.15, 0.2) is 89.9 Å². The zero-order chi connectivity index (χ0) is 25.5. The number of hydrogen-bond donors (Lipinski definition) is 1. The highest BCUT2D eigenvalue weighted by atomic mass is 127. The van der Waals surface area contributed by atoms with E-state index in [1.807, 2.05) is 0 Å². The third-order valence-corrected chi connectivity index (χ3v) is 7.72. The molecular weight excluding hydrogens is 589 g/mol. The largest absolute Gasteiger partial charge is 1.00 e. The molecule has 198 valence electrons. The lowest BCUT2D eigenvalue weighted by Gasteiger charge is -2.36. The molecule has 2 aromatic carbocycles. The van der Waals surface area contributed by atoms with Crippen LogP contribution < -0.4 is 38.4 Å². The van der Waals surface area contributed by atoms with Crippen molar-refractivity contribution < 1.29 is 47.8 Å². The summed E-state index contributed by atoms with van der Waals surface area (Å²) in [5, 5.41) is 0. The van der Waals surface area contributed by atoms with Crippen LogP contribution in [0.3, 0.4) is 0 Å². The minimum Gasteiger partial charge on any atom is -1.00 e. The van der Waals surface area contributed by atoms with Gasteiger partial charge in [-0.25, -0.2) is 0 Å². The lowest BCUT2D eigenvalue weighted by molar-refractivity contribution is -0.771. The van der Waals surface area contributed by atoms with Crippen LogP contribution in [-0.2, 0) is 22.3 Å². The summed E-state index contributed by atoms with van der Waals surface area (Å²) in [6.45, 7) is 10.0. The minimum atomic E-state index is -0.256. The Morgan fingerprint density at radius 3 is 2.58 bits per heavy atom. The van der Waals surface area contributed by atoms with E-state index >= 15 is 0 Å². The Morgan fingerprint density at radius 2 is 1.87 bits per heavy atom. The molecule has 0 fully saturated rings. The molecule has 0 bridgehead atoms. The molecule has 3 aliphatic heterocycles. The number of nitrogens with one attached hydrogen (secondary N) is 1. The third kappa shape index (κ3) is 4.74. The van der Waals surface area contributed by atoms with Gasteiger partial charge in [-0.05, 0) is 46.4 Å². The molecule has 1 N–H and O–H groups in total. The molecule has 0 radical (unpaired) electrons. The summed E-state index contributed by atoms with van der Waals surface area (Å²) >= 11 is 0. The fraction of sp³-hybridized carbons (Fsp3) is 0.312. The maximum atomic E-state index is 6.26. The van der Waals surface area contributed by atoms with Crippen molar-refractivity contribution in [3.8, 4) is 11.5 Å². The smallest absolute Gasteiger partial charge is 0.231 e. The van der Waals surface area contributed by atoms with Crippen LogP contribution in [0.1, 0.15) is 42.0 Å². The molecule has 6 heteroatoms. The van der Waals surface area contributed by atoms with Gasteiger partial charge in [-0.3, -0.25) is 4.90 Å². The van der Waals surface area contributed by atoms with Gasteiger partial charge in [0.2, 0.25) is 6.79 Å². The van der Waals surface area contributed by atoms with Crippen molar-refractivity contribution in [2.24, 2.45) is 0 Å². The number of halogens is 1. The monoisotopic (exact) mass is 623 g/mol. The van der Waals surface area contributed by atoms with Crippen LogP contribution in [-0.4, -0.2) is 33.2 Å². The van der Waals surface area contributed by atoms with Gasteiger partial charge in [0.15, 0.2) is 11.5 Å². The number of fused-ring (bicyclic) bond motifs is 5. The fourth-order valence-electron chi connectivity index (χ4n) is 5.81. The second-order valence-corrected chi connectivity index (χ2v) is 10.3. The number of benzene rings is 2. The number of quaternary nitrogens is 1. The SMILES string of the molecule is C=CCOC1C(OC)=CC=C2C1=C[NH+]1CCc3cc4c(cc3C1=C2Cc1ccc(C(C)C)cc1)OCO4.[I-]. The molecule has 2 atom stereocenters. The van der Waals surface area contributed by atoms with Crippen LogP contribution in [0.5, 0.6) is 11.5 Å². The minimum absolute atomic E-state index is 0. The molecule has 4 aliphatic rings. The Labute approximate surface area is 242 Å². The zero-order valence-corrected chi connectivity index (χ0v) is 24.3. The maximum absolute atomic E-state index is 6.26. The summed E-state index contributed by atoms with van der Waals surface area (Å²) in [5.41, 5.74) is 10.2. The van der Waals surface area contributed by atoms with Crippen LogP contribution in [0.2, 0.25) is 0 Å². The highest BCUT2D eigenvalue weighted by Crippen LogP contribution is 2.42. The number of hydrogen-bond acceptors (Lipinski definition) is 4. The molecule has 0 aromatic heterocycles. The van der Waals surface area contributed by atoms with Crippen LogP contribution in [0.25, 0.3) is 5.70 Å². The van der Waals surface area contributed by atoms with Crippen LogP contribution >= 0.6 is 0 Å². The molecule has 0 amide bonds. The first-order valence-electron chi connectivity index (χ1n) is 13.1. The summed E-state index contributed by atoms with van der Waals surface area (Å²) in [7, 11) is 1.71. The van der Waals surface area contributed by atoms with Gasteiger partial charge < -0.3 is 42.9 Å². The lowest BCUT2D eigenvalue weighted by atomic mass is 9.79. The van der Waals surface area contributed by atoms with Crippen molar-refractivity contribution in [1.29, 1.82) is 0 Å². The van der Waals surface area contributed by atoms with Crippen molar-refractivity contribution in [1.82, 2.24) is 0 Å². The Bertz CT molecular complexity index is 1370. The number of ether oxygens (including phenoxy) is 4. The first kappa shape index (κ1) is 26.8. The zero-order valence-electron chi connectivity index (χ0n) is 22.2. The third-order valence-electron chi connectivity index (χ3n) is 7.72. The van der Waals surface area contributed by atoms with Crippen molar-refractivity contribution in [3.63, 3.8) is 0 Å². The molecule has 0 spiro atoms. The molecule has 0 saturated heterocycles. The standard InChI is InChI=1S/C32H33NO4.HI/c1-5-14-35-32-27-18-33-13-12-23-16-29-30(37-19-36-29)17-25(23)31(33)26(24(27)10-11-28(32)34-4)15-21-6-8-22(9-7-21)20(2)3;/h5-11,16-18,20,32H,1,12-15,19H2,2-4H3;1H. The summed E-state index contributed by atoms with van der Waals surface area (Å²) < 4.78 is 23.5. The predicted molar refractivity (Wildman–Crippen MR) is 144 cm³/mol. The van der Waals surface area contributed by atoms with Crippen molar-refractivity contribution >= 4 is 5.70 Å². The molecular formula is C32H34INO4. The summed E-state index contributed by atoms with van der Waals surface area (Å²) in [4.78, 5) is 1.34. The summed E-state index contributed by atoms with van der Waals surface area (Å²) in [5.74, 6) is 3.01. The highest BCUT2D eigenvalue weighted by Gasteiger charge is 2.40. The quantitative estimate of drug-likeness (QED) is 0.378. The Hall–Kier alpha value is -2.81. The van der Waals surface area contributed by atoms with E-state index in [1.165, 1.54) is 44.0 Å². The molecule has 5 nitrogen and oxygen atoms in total. The fourth-order valence-corrected chi connectivity index (χ4v) is 5.81. The predicted octanol–water partition coefficient (Wildman–Crippen LogP) is 1.88. The maximum Gasteiger partial charge on any atom is 0.231 e. The normalized spacial score (nSPS) is 20.9. The van der Waals surface area contributed by atoms with Gasteiger partial charge in [0.25, 0.3) is 0 Å². The molecule has 2 aromatic rings. The second-order valence-electron chi connectivity index (χ2n) is 10.3. The van der Waals surface area contributed by atoms with E-state index in [4.69, 9.17) is 18.9 Å². The Morgan fingerprint density at radius 1 is 1.11 bits per heavy atom. The summed E-state index contributed by atoms with van der Waals surface area (Å²) in [6, 6.07) is 13.4. The van der Waals surface area contributed by atoms with Gasteiger partial charge in [0, 0.05) is 29.6 Å². The van der Waals surface area contributed by atoms with Crippen LogP contribution in [0.4, 0.5) is 0 Å². The average molecular weight is 624 g/mol. The van der Waals surface area contributed by atoms with E-state index in [0.29, 0.717) is 12.5 Å². The number of allylic oxidation sites excluding steroid dienone is 3. The second kappa shape index (κ2) is 11.1. The van der Waals surface area contributed by atoms with E-state index in [2.05, 4.69) is 75.2 Å². The van der Waals surface area contributed by atoms with E-state index in [9.17, 15) is 0 Å². The van der Waals surface area contributed by atoms with Gasteiger partial charge >= 0.3 is 0 Å². The molecule has 0 saturated carbocycles. The van der Waals surface area contributed by atoms with Gasteiger partial charge in [-0.1, -0.05) is 50.3 Å². The number of rotatable bonds is 7. The average Bonchev–Trinajstić information content (AvgIpc) is 3.37. The molecule has 2 unspecified atom stereocenters. The Balaban J connectivity index is 0.00000294. The van der Waals surface area contributed by atoms with Gasteiger partial charge in [0.1, 0.15) is 23.8 Å². The highest BCUT2D eigenvalue weighted by molar-refractivity contribution is 5.77. The van der Waals surface area contributed by atoms with Gasteiger partial charge in [-0.2, -0.15) is 0 Å². The lowest BCUT2D eigenvalue weighted by Crippen LogP contribution is -3.06. The van der Waals surface area contributed by atoms with Crippen LogP contribution in [0, 0.1) is 0 Å². The molecule has 1 aliphatic carbocycles. The van der Waals surface area contributed by atoms with Crippen molar-refractivity contribution in [2.45, 2.75) is 38.7 Å². The van der Waals surface area contributed by atoms with E-state index in [0.717, 1.165) is 42.2 Å². The molecule has 38 heavy (non-hydrogen) atoms. The van der Waals surface area contributed by atoms with E-state index in [-0.39, 0.29) is 36.9 Å². The molecule has 3 heterocycles. The Kier molecular flexibility index (Phi) is 7.84. The topological polar surface area (TPSA) is 41.4 Å². The summed E-state index contributed by atoms with van der Waals surface area (Å²) in [6.07, 6.45) is 9.92. The van der Waals surface area contributed by atoms with Gasteiger partial charge in [-0.15, -0.1) is 6.58 Å². The van der Waals surface area contributed by atoms with Crippen molar-refractivity contribution in [3.05, 3.63) is 112 Å². The first-order valence-corrected chi connectivity index (χ1v) is 13.1. The van der Waals surface area contributed by atoms with E-state index in [1.54, 1.807) is 13.2 Å². The van der Waals surface area contributed by atoms with E-state index < -0.39 is 0 Å². The van der Waals surface area contributed by atoms with Gasteiger partial charge in [0.05, 0.1) is 20.3 Å². The first-order chi connectivity index (χ1) is 18.1. The molecule has 6 rings (SSSR count). The number of methoxy groups -OCH3 is 1.